The first-order chi connectivity index (χ1) is 12.3. The standard InChI is InChI=1S/C22H26O3/c1-3-25-12-11-17(14-7-5-4-6-8-14)20-21(23)18-15-9-10-16(13-15)19(18)22(20)24-2/h4-8,11,15-16,18-19H,3,9-10,12-13H2,1-2H3/b17-11+. The molecule has 3 nitrogen and oxygen atoms in total. The first kappa shape index (κ1) is 16.6. The second-order valence-electron chi connectivity index (χ2n) is 7.34. The normalized spacial score (nSPS) is 31.0. The molecule has 0 aromatic heterocycles. The second kappa shape index (κ2) is 6.80. The van der Waals surface area contributed by atoms with E-state index in [9.17, 15) is 4.79 Å². The van der Waals surface area contributed by atoms with Crippen LogP contribution < -0.4 is 0 Å². The number of methoxy groups -OCH3 is 1. The molecule has 25 heavy (non-hydrogen) atoms. The molecule has 3 aliphatic carbocycles. The number of hydrogen-bond acceptors (Lipinski definition) is 3. The van der Waals surface area contributed by atoms with Gasteiger partial charge in [0.1, 0.15) is 5.76 Å². The summed E-state index contributed by atoms with van der Waals surface area (Å²) < 4.78 is 11.4. The molecule has 2 bridgehead atoms. The minimum absolute atomic E-state index is 0.142. The minimum atomic E-state index is 0.142. The van der Waals surface area contributed by atoms with E-state index in [1.165, 1.54) is 19.3 Å². The van der Waals surface area contributed by atoms with Crippen LogP contribution in [0.3, 0.4) is 0 Å². The molecule has 0 spiro atoms. The van der Waals surface area contributed by atoms with Crippen molar-refractivity contribution in [1.82, 2.24) is 0 Å². The predicted molar refractivity (Wildman–Crippen MR) is 97.8 cm³/mol. The molecule has 0 aliphatic heterocycles. The van der Waals surface area contributed by atoms with Gasteiger partial charge >= 0.3 is 0 Å². The lowest BCUT2D eigenvalue weighted by molar-refractivity contribution is -0.120. The van der Waals surface area contributed by atoms with E-state index in [1.807, 2.05) is 31.2 Å². The molecule has 0 heterocycles. The Morgan fingerprint density at radius 3 is 2.56 bits per heavy atom. The third-order valence-corrected chi connectivity index (χ3v) is 6.20. The molecule has 0 amide bonds. The molecule has 0 saturated heterocycles. The maximum atomic E-state index is 13.4. The molecule has 4 atom stereocenters. The maximum Gasteiger partial charge on any atom is 0.170 e. The number of carbonyl (C=O) groups excluding carboxylic acids is 1. The molecule has 4 rings (SSSR count). The summed E-state index contributed by atoms with van der Waals surface area (Å²) in [4.78, 5) is 13.4. The van der Waals surface area contributed by atoms with Crippen LogP contribution in [-0.2, 0) is 14.3 Å². The van der Waals surface area contributed by atoms with Crippen molar-refractivity contribution < 1.29 is 14.3 Å². The van der Waals surface area contributed by atoms with Crippen LogP contribution in [0.2, 0.25) is 0 Å². The van der Waals surface area contributed by atoms with Crippen molar-refractivity contribution in [3.05, 3.63) is 53.3 Å². The average molecular weight is 338 g/mol. The number of ether oxygens (including phenoxy) is 2. The Kier molecular flexibility index (Phi) is 4.51. The Bertz CT molecular complexity index is 716. The van der Waals surface area contributed by atoms with Crippen LogP contribution in [0.25, 0.3) is 5.57 Å². The van der Waals surface area contributed by atoms with Crippen molar-refractivity contribution in [1.29, 1.82) is 0 Å². The van der Waals surface area contributed by atoms with Crippen LogP contribution in [0.15, 0.2) is 47.7 Å². The molecular formula is C22H26O3. The fraction of sp³-hybridized carbons (Fsp3) is 0.500. The summed E-state index contributed by atoms with van der Waals surface area (Å²) in [6.45, 7) is 3.16. The van der Waals surface area contributed by atoms with Crippen LogP contribution in [0.4, 0.5) is 0 Å². The van der Waals surface area contributed by atoms with Crippen molar-refractivity contribution in [2.24, 2.45) is 23.7 Å². The second-order valence-corrected chi connectivity index (χ2v) is 7.34. The third-order valence-electron chi connectivity index (χ3n) is 6.20. The summed E-state index contributed by atoms with van der Waals surface area (Å²) in [5.74, 6) is 2.83. The fourth-order valence-corrected chi connectivity index (χ4v) is 5.25. The molecular weight excluding hydrogens is 312 g/mol. The lowest BCUT2D eigenvalue weighted by Gasteiger charge is -2.24. The molecule has 1 aromatic rings. The Morgan fingerprint density at radius 2 is 1.88 bits per heavy atom. The number of hydrogen-bond donors (Lipinski definition) is 0. The zero-order chi connectivity index (χ0) is 17.4. The van der Waals surface area contributed by atoms with Gasteiger partial charge in [0, 0.05) is 18.4 Å². The van der Waals surface area contributed by atoms with Gasteiger partial charge in [-0.3, -0.25) is 4.79 Å². The van der Waals surface area contributed by atoms with Crippen molar-refractivity contribution in [2.75, 3.05) is 20.3 Å². The molecule has 3 aliphatic rings. The van der Waals surface area contributed by atoms with E-state index in [1.54, 1.807) is 7.11 Å². The van der Waals surface area contributed by atoms with Gasteiger partial charge in [-0.05, 0) is 49.2 Å². The summed E-state index contributed by atoms with van der Waals surface area (Å²) in [5.41, 5.74) is 2.84. The van der Waals surface area contributed by atoms with Crippen LogP contribution in [0.5, 0.6) is 0 Å². The number of ketones is 1. The molecule has 132 valence electrons. The monoisotopic (exact) mass is 338 g/mol. The summed E-state index contributed by atoms with van der Waals surface area (Å²) in [6, 6.07) is 10.2. The maximum absolute atomic E-state index is 13.4. The highest BCUT2D eigenvalue weighted by Gasteiger charge is 2.58. The molecule has 3 heteroatoms. The minimum Gasteiger partial charge on any atom is -0.500 e. The van der Waals surface area contributed by atoms with Crippen LogP contribution in [-0.4, -0.2) is 26.1 Å². The fourth-order valence-electron chi connectivity index (χ4n) is 5.25. The molecule has 2 saturated carbocycles. The predicted octanol–water partition coefficient (Wildman–Crippen LogP) is 4.25. The van der Waals surface area contributed by atoms with Gasteiger partial charge in [0.05, 0.1) is 19.3 Å². The van der Waals surface area contributed by atoms with E-state index in [2.05, 4.69) is 12.1 Å². The lowest BCUT2D eigenvalue weighted by Crippen LogP contribution is -2.25. The van der Waals surface area contributed by atoms with Gasteiger partial charge < -0.3 is 9.47 Å². The van der Waals surface area contributed by atoms with Crippen molar-refractivity contribution >= 4 is 11.4 Å². The highest BCUT2D eigenvalue weighted by Crippen LogP contribution is 2.60. The van der Waals surface area contributed by atoms with Crippen LogP contribution in [0, 0.1) is 23.7 Å². The Balaban J connectivity index is 1.78. The van der Waals surface area contributed by atoms with E-state index >= 15 is 0 Å². The molecule has 2 fully saturated rings. The van der Waals surface area contributed by atoms with Gasteiger partial charge in [-0.1, -0.05) is 36.4 Å². The highest BCUT2D eigenvalue weighted by atomic mass is 16.5. The van der Waals surface area contributed by atoms with E-state index in [0.29, 0.717) is 36.8 Å². The van der Waals surface area contributed by atoms with Gasteiger partial charge in [0.15, 0.2) is 5.78 Å². The molecule has 4 unspecified atom stereocenters. The Morgan fingerprint density at radius 1 is 1.16 bits per heavy atom. The SMILES string of the molecule is CCOC/C=C(/C1=C(OC)C2C3CCC(C3)C2C1=O)c1ccccc1. The smallest absolute Gasteiger partial charge is 0.170 e. The average Bonchev–Trinajstić information content (AvgIpc) is 3.32. The number of carbonyl (C=O) groups is 1. The zero-order valence-corrected chi connectivity index (χ0v) is 15.0. The van der Waals surface area contributed by atoms with Gasteiger partial charge in [0.2, 0.25) is 0 Å². The van der Waals surface area contributed by atoms with E-state index in [-0.39, 0.29) is 5.92 Å². The first-order valence-corrected chi connectivity index (χ1v) is 9.42. The van der Waals surface area contributed by atoms with Crippen LogP contribution in [0.1, 0.15) is 31.7 Å². The van der Waals surface area contributed by atoms with Gasteiger partial charge in [-0.15, -0.1) is 0 Å². The number of fused-ring (bicyclic) bond motifs is 5. The van der Waals surface area contributed by atoms with Crippen molar-refractivity contribution in [2.45, 2.75) is 26.2 Å². The van der Waals surface area contributed by atoms with Crippen molar-refractivity contribution in [3.8, 4) is 0 Å². The van der Waals surface area contributed by atoms with Gasteiger partial charge in [-0.2, -0.15) is 0 Å². The largest absolute Gasteiger partial charge is 0.500 e. The molecule has 1 aromatic carbocycles. The number of benzene rings is 1. The summed E-state index contributed by atoms with van der Waals surface area (Å²) in [5, 5.41) is 0. The lowest BCUT2D eigenvalue weighted by atomic mass is 9.80. The summed E-state index contributed by atoms with van der Waals surface area (Å²) in [7, 11) is 1.72. The first-order valence-electron chi connectivity index (χ1n) is 9.42. The van der Waals surface area contributed by atoms with Crippen molar-refractivity contribution in [3.63, 3.8) is 0 Å². The van der Waals surface area contributed by atoms with E-state index in [4.69, 9.17) is 9.47 Å². The number of allylic oxidation sites excluding steroid dienone is 3. The van der Waals surface area contributed by atoms with Gasteiger partial charge in [-0.25, -0.2) is 0 Å². The topological polar surface area (TPSA) is 35.5 Å². The highest BCUT2D eigenvalue weighted by molar-refractivity contribution is 6.14. The van der Waals surface area contributed by atoms with E-state index in [0.717, 1.165) is 22.5 Å². The van der Waals surface area contributed by atoms with Crippen LogP contribution >= 0.6 is 0 Å². The zero-order valence-electron chi connectivity index (χ0n) is 15.0. The quantitative estimate of drug-likeness (QED) is 0.727. The Hall–Kier alpha value is -1.87. The third kappa shape index (κ3) is 2.65. The summed E-state index contributed by atoms with van der Waals surface area (Å²) >= 11 is 0. The summed E-state index contributed by atoms with van der Waals surface area (Å²) in [6.07, 6.45) is 5.69. The molecule has 0 radical (unpaired) electrons. The Labute approximate surface area is 149 Å². The molecule has 0 N–H and O–H groups in total. The van der Waals surface area contributed by atoms with E-state index < -0.39 is 0 Å². The van der Waals surface area contributed by atoms with Gasteiger partial charge in [0.25, 0.3) is 0 Å². The number of rotatable bonds is 6. The number of Topliss-reactive ketones (excluding diaryl/α,β-unsaturated/α-hetero) is 1.